The summed E-state index contributed by atoms with van der Waals surface area (Å²) in [5, 5.41) is 1.02. The van der Waals surface area contributed by atoms with E-state index in [-0.39, 0.29) is 0 Å². The number of aromatic nitrogens is 1. The van der Waals surface area contributed by atoms with Crippen molar-refractivity contribution < 1.29 is 4.79 Å². The lowest BCUT2D eigenvalue weighted by Crippen LogP contribution is -1.96. The van der Waals surface area contributed by atoms with E-state index in [9.17, 15) is 4.79 Å². The molecule has 1 heterocycles. The van der Waals surface area contributed by atoms with Crippen molar-refractivity contribution in [3.05, 3.63) is 15.6 Å². The maximum absolute atomic E-state index is 10.8. The van der Waals surface area contributed by atoms with Crippen LogP contribution in [0.15, 0.2) is 0 Å². The van der Waals surface area contributed by atoms with Crippen molar-refractivity contribution in [2.24, 2.45) is 0 Å². The molecular formula is C10H13NOS. The summed E-state index contributed by atoms with van der Waals surface area (Å²) in [6.07, 6.45) is 5.96. The molecule has 0 atom stereocenters. The van der Waals surface area contributed by atoms with Gasteiger partial charge in [-0.3, -0.25) is 4.79 Å². The van der Waals surface area contributed by atoms with E-state index in [2.05, 4.69) is 4.98 Å². The van der Waals surface area contributed by atoms with E-state index >= 15 is 0 Å². The second-order valence-corrected chi connectivity index (χ2v) is 4.82. The van der Waals surface area contributed by atoms with E-state index in [4.69, 9.17) is 0 Å². The van der Waals surface area contributed by atoms with Gasteiger partial charge in [-0.15, -0.1) is 11.3 Å². The number of hydrogen-bond donors (Lipinski definition) is 0. The molecule has 0 N–H and O–H groups in total. The fraction of sp³-hybridized carbons (Fsp3) is 0.600. The smallest absolute Gasteiger partial charge is 0.161 e. The molecule has 2 nitrogen and oxygen atoms in total. The van der Waals surface area contributed by atoms with Crippen molar-refractivity contribution in [2.45, 2.75) is 38.5 Å². The Morgan fingerprint density at radius 1 is 1.46 bits per heavy atom. The number of nitrogens with zero attached hydrogens (tertiary/aromatic N) is 1. The molecule has 1 aromatic heterocycles. The normalized spacial score (nSPS) is 17.9. The Labute approximate surface area is 82.0 Å². The van der Waals surface area contributed by atoms with Crippen LogP contribution in [0.25, 0.3) is 0 Å². The van der Waals surface area contributed by atoms with Gasteiger partial charge in [0.25, 0.3) is 0 Å². The second-order valence-electron chi connectivity index (χ2n) is 3.58. The monoisotopic (exact) mass is 195 g/mol. The van der Waals surface area contributed by atoms with E-state index in [1.165, 1.54) is 37.0 Å². The highest BCUT2D eigenvalue weighted by Crippen LogP contribution is 2.36. The van der Waals surface area contributed by atoms with Gasteiger partial charge in [-0.1, -0.05) is 12.8 Å². The number of rotatable bonds is 2. The average molecular weight is 195 g/mol. The molecule has 0 unspecified atom stereocenters. The SMILES string of the molecule is Cc1nc(C2CCCC2)c(C=O)s1. The molecule has 0 amide bonds. The molecule has 0 bridgehead atoms. The molecular weight excluding hydrogens is 182 g/mol. The lowest BCUT2D eigenvalue weighted by atomic mass is 10.0. The molecule has 0 radical (unpaired) electrons. The first kappa shape index (κ1) is 8.88. The maximum Gasteiger partial charge on any atom is 0.161 e. The standard InChI is InChI=1S/C10H13NOS/c1-7-11-10(9(6-12)13-7)8-4-2-3-5-8/h6,8H,2-5H2,1H3. The van der Waals surface area contributed by atoms with Gasteiger partial charge in [0.05, 0.1) is 15.6 Å². The Morgan fingerprint density at radius 3 is 2.77 bits per heavy atom. The van der Waals surface area contributed by atoms with Crippen LogP contribution in [-0.2, 0) is 0 Å². The molecule has 3 heteroatoms. The Hall–Kier alpha value is -0.700. The lowest BCUT2D eigenvalue weighted by molar-refractivity contribution is 0.112. The summed E-state index contributed by atoms with van der Waals surface area (Å²) in [7, 11) is 0. The molecule has 13 heavy (non-hydrogen) atoms. The minimum atomic E-state index is 0.560. The van der Waals surface area contributed by atoms with Crippen molar-refractivity contribution in [3.8, 4) is 0 Å². The van der Waals surface area contributed by atoms with E-state index in [0.29, 0.717) is 5.92 Å². The molecule has 0 spiro atoms. The lowest BCUT2D eigenvalue weighted by Gasteiger charge is -2.04. The topological polar surface area (TPSA) is 30.0 Å². The summed E-state index contributed by atoms with van der Waals surface area (Å²) in [5.74, 6) is 0.560. The predicted octanol–water partition coefficient (Wildman–Crippen LogP) is 2.92. The highest BCUT2D eigenvalue weighted by Gasteiger charge is 2.22. The Morgan fingerprint density at radius 2 is 2.15 bits per heavy atom. The van der Waals surface area contributed by atoms with E-state index in [1.807, 2.05) is 6.92 Å². The van der Waals surface area contributed by atoms with E-state index < -0.39 is 0 Å². The third-order valence-electron chi connectivity index (χ3n) is 2.64. The quantitative estimate of drug-likeness (QED) is 0.679. The summed E-state index contributed by atoms with van der Waals surface area (Å²) >= 11 is 1.52. The first-order valence-corrected chi connectivity index (χ1v) is 5.55. The van der Waals surface area contributed by atoms with Gasteiger partial charge in [-0.2, -0.15) is 0 Å². The number of aryl methyl sites for hydroxylation is 1. The second kappa shape index (κ2) is 3.58. The van der Waals surface area contributed by atoms with Crippen LogP contribution >= 0.6 is 11.3 Å². The zero-order chi connectivity index (χ0) is 9.26. The van der Waals surface area contributed by atoms with Gasteiger partial charge in [0.1, 0.15) is 0 Å². The van der Waals surface area contributed by atoms with Crippen LogP contribution in [0.4, 0.5) is 0 Å². The zero-order valence-electron chi connectivity index (χ0n) is 7.75. The van der Waals surface area contributed by atoms with Crippen LogP contribution in [0.3, 0.4) is 0 Å². The summed E-state index contributed by atoms with van der Waals surface area (Å²) in [6.45, 7) is 1.97. The molecule has 1 aromatic rings. The van der Waals surface area contributed by atoms with Gasteiger partial charge in [0, 0.05) is 5.92 Å². The molecule has 0 aromatic carbocycles. The van der Waals surface area contributed by atoms with Crippen LogP contribution in [0.1, 0.15) is 52.0 Å². The number of carbonyl (C=O) groups excluding carboxylic acids is 1. The fourth-order valence-electron chi connectivity index (χ4n) is 2.04. The van der Waals surface area contributed by atoms with Crippen LogP contribution < -0.4 is 0 Å². The number of hydrogen-bond acceptors (Lipinski definition) is 3. The summed E-state index contributed by atoms with van der Waals surface area (Å²) in [6, 6.07) is 0. The number of aldehydes is 1. The molecule has 1 aliphatic carbocycles. The summed E-state index contributed by atoms with van der Waals surface area (Å²) in [5.41, 5.74) is 1.06. The van der Waals surface area contributed by atoms with Gasteiger partial charge in [-0.25, -0.2) is 4.98 Å². The minimum Gasteiger partial charge on any atom is -0.297 e. The van der Waals surface area contributed by atoms with Gasteiger partial charge in [0.2, 0.25) is 0 Å². The Kier molecular flexibility index (Phi) is 2.44. The highest BCUT2D eigenvalue weighted by molar-refractivity contribution is 7.13. The largest absolute Gasteiger partial charge is 0.297 e. The third kappa shape index (κ3) is 1.66. The molecule has 70 valence electrons. The molecule has 1 fully saturated rings. The van der Waals surface area contributed by atoms with Crippen LogP contribution in [0, 0.1) is 6.92 Å². The maximum atomic E-state index is 10.8. The van der Waals surface area contributed by atoms with E-state index in [0.717, 1.165) is 21.9 Å². The van der Waals surface area contributed by atoms with Crippen molar-refractivity contribution in [1.29, 1.82) is 0 Å². The first-order chi connectivity index (χ1) is 6.31. The van der Waals surface area contributed by atoms with Crippen molar-refractivity contribution in [2.75, 3.05) is 0 Å². The Balaban J connectivity index is 2.31. The predicted molar refractivity (Wildman–Crippen MR) is 53.4 cm³/mol. The van der Waals surface area contributed by atoms with Gasteiger partial charge in [-0.05, 0) is 19.8 Å². The number of thiazole rings is 1. The van der Waals surface area contributed by atoms with Crippen molar-refractivity contribution >= 4 is 17.6 Å². The fourth-order valence-corrected chi connectivity index (χ4v) is 2.86. The molecule has 0 aliphatic heterocycles. The molecule has 0 saturated heterocycles. The highest BCUT2D eigenvalue weighted by atomic mass is 32.1. The van der Waals surface area contributed by atoms with Gasteiger partial charge >= 0.3 is 0 Å². The van der Waals surface area contributed by atoms with Gasteiger partial charge < -0.3 is 0 Å². The van der Waals surface area contributed by atoms with Crippen LogP contribution in [0.5, 0.6) is 0 Å². The van der Waals surface area contributed by atoms with Crippen molar-refractivity contribution in [3.63, 3.8) is 0 Å². The Bertz CT molecular complexity index is 313. The first-order valence-electron chi connectivity index (χ1n) is 4.74. The van der Waals surface area contributed by atoms with Crippen molar-refractivity contribution in [1.82, 2.24) is 4.98 Å². The molecule has 1 saturated carbocycles. The van der Waals surface area contributed by atoms with Crippen LogP contribution in [-0.4, -0.2) is 11.3 Å². The molecule has 1 aliphatic rings. The average Bonchev–Trinajstić information content (AvgIpc) is 2.71. The zero-order valence-corrected chi connectivity index (χ0v) is 8.56. The third-order valence-corrected chi connectivity index (χ3v) is 3.55. The summed E-state index contributed by atoms with van der Waals surface area (Å²) in [4.78, 5) is 16.1. The van der Waals surface area contributed by atoms with Gasteiger partial charge in [0.15, 0.2) is 6.29 Å². The molecule has 2 rings (SSSR count). The summed E-state index contributed by atoms with van der Waals surface area (Å²) < 4.78 is 0. The van der Waals surface area contributed by atoms with Crippen LogP contribution in [0.2, 0.25) is 0 Å². The number of carbonyl (C=O) groups is 1. The van der Waals surface area contributed by atoms with E-state index in [1.54, 1.807) is 0 Å². The minimum absolute atomic E-state index is 0.560.